The van der Waals surface area contributed by atoms with Gasteiger partial charge in [-0.05, 0) is 24.1 Å². The number of carbonyl (C=O) groups is 3. The number of amides is 1. The molecule has 3 aromatic rings. The number of fused-ring (bicyclic) bond motifs is 1. The van der Waals surface area contributed by atoms with E-state index in [2.05, 4.69) is 10.3 Å². The molecule has 148 valence electrons. The predicted octanol–water partition coefficient (Wildman–Crippen LogP) is 2.90. The van der Waals surface area contributed by atoms with Crippen molar-refractivity contribution < 1.29 is 24.6 Å². The van der Waals surface area contributed by atoms with E-state index in [1.54, 1.807) is 48.5 Å². The van der Waals surface area contributed by atoms with Gasteiger partial charge in [-0.3, -0.25) is 9.59 Å². The number of nitrogens with zero attached hydrogens (tertiary/aromatic N) is 1. The summed E-state index contributed by atoms with van der Waals surface area (Å²) in [5.41, 5.74) is -0.427. The number of carboxylic acids is 2. The van der Waals surface area contributed by atoms with Crippen molar-refractivity contribution in [3.63, 3.8) is 0 Å². The Bertz CT molecular complexity index is 1050. The lowest BCUT2D eigenvalue weighted by molar-refractivity contribution is -0.145. The Kier molecular flexibility index (Phi) is 5.87. The third kappa shape index (κ3) is 4.76. The van der Waals surface area contributed by atoms with Gasteiger partial charge in [-0.1, -0.05) is 54.6 Å². The number of aromatic nitrogens is 1. The summed E-state index contributed by atoms with van der Waals surface area (Å²) < 4.78 is 0. The highest BCUT2D eigenvalue weighted by Crippen LogP contribution is 2.22. The van der Waals surface area contributed by atoms with Crippen LogP contribution in [0.4, 0.5) is 0 Å². The van der Waals surface area contributed by atoms with Gasteiger partial charge < -0.3 is 15.5 Å². The molecule has 7 nitrogen and oxygen atoms in total. The Morgan fingerprint density at radius 1 is 0.897 bits per heavy atom. The van der Waals surface area contributed by atoms with Crippen LogP contribution in [0.15, 0.2) is 66.7 Å². The Morgan fingerprint density at radius 2 is 1.59 bits per heavy atom. The molecular weight excluding hydrogens is 372 g/mol. The molecule has 3 N–H and O–H groups in total. The Labute approximate surface area is 167 Å². The molecule has 7 heteroatoms. The fourth-order valence-corrected chi connectivity index (χ4v) is 3.17. The standard InChI is InChI=1S/C22H20N2O5/c25-19(26)12-13-22(21(28)29,14-15-6-2-1-3-7-15)24-20(27)18-11-10-16-8-4-5-9-17(16)23-18/h1-11H,12-14H2,(H,24,27)(H,25,26)(H,28,29). The summed E-state index contributed by atoms with van der Waals surface area (Å²) in [5, 5.41) is 22.4. The average molecular weight is 392 g/mol. The van der Waals surface area contributed by atoms with Crippen LogP contribution >= 0.6 is 0 Å². The second-order valence-corrected chi connectivity index (χ2v) is 6.79. The van der Waals surface area contributed by atoms with Gasteiger partial charge in [0.15, 0.2) is 0 Å². The number of carboxylic acid groups (broad SMARTS) is 2. The van der Waals surface area contributed by atoms with Crippen molar-refractivity contribution in [2.45, 2.75) is 24.8 Å². The number of aliphatic carboxylic acids is 2. The zero-order chi connectivity index (χ0) is 20.9. The van der Waals surface area contributed by atoms with E-state index in [9.17, 15) is 19.5 Å². The van der Waals surface area contributed by atoms with Crippen molar-refractivity contribution in [1.82, 2.24) is 10.3 Å². The molecule has 0 aliphatic rings. The van der Waals surface area contributed by atoms with Crippen molar-refractivity contribution in [2.24, 2.45) is 0 Å². The van der Waals surface area contributed by atoms with Gasteiger partial charge in [0.2, 0.25) is 0 Å². The molecular formula is C22H20N2O5. The molecule has 1 amide bonds. The van der Waals surface area contributed by atoms with Crippen molar-refractivity contribution in [3.05, 3.63) is 78.0 Å². The first kappa shape index (κ1) is 20.0. The van der Waals surface area contributed by atoms with Crippen LogP contribution in [0, 0.1) is 0 Å². The topological polar surface area (TPSA) is 117 Å². The average Bonchev–Trinajstić information content (AvgIpc) is 2.72. The summed E-state index contributed by atoms with van der Waals surface area (Å²) >= 11 is 0. The summed E-state index contributed by atoms with van der Waals surface area (Å²) in [4.78, 5) is 40.5. The molecule has 1 heterocycles. The first-order valence-electron chi connectivity index (χ1n) is 9.07. The van der Waals surface area contributed by atoms with Gasteiger partial charge in [0.25, 0.3) is 5.91 Å². The van der Waals surface area contributed by atoms with E-state index >= 15 is 0 Å². The molecule has 1 unspecified atom stereocenters. The van der Waals surface area contributed by atoms with E-state index < -0.39 is 29.8 Å². The van der Waals surface area contributed by atoms with Crippen LogP contribution in [0.5, 0.6) is 0 Å². The number of para-hydroxylation sites is 1. The van der Waals surface area contributed by atoms with E-state index in [1.165, 1.54) is 6.07 Å². The molecule has 0 saturated carbocycles. The van der Waals surface area contributed by atoms with Gasteiger partial charge in [-0.2, -0.15) is 0 Å². The van der Waals surface area contributed by atoms with E-state index in [-0.39, 0.29) is 18.5 Å². The normalized spacial score (nSPS) is 12.8. The fraction of sp³-hybridized carbons (Fsp3) is 0.182. The molecule has 1 atom stereocenters. The van der Waals surface area contributed by atoms with Gasteiger partial charge in [0.1, 0.15) is 11.2 Å². The maximum atomic E-state index is 12.9. The first-order valence-corrected chi connectivity index (χ1v) is 9.07. The fourth-order valence-electron chi connectivity index (χ4n) is 3.17. The largest absolute Gasteiger partial charge is 0.481 e. The number of pyridine rings is 1. The summed E-state index contributed by atoms with van der Waals surface area (Å²) in [7, 11) is 0. The number of hydrogen-bond donors (Lipinski definition) is 3. The zero-order valence-electron chi connectivity index (χ0n) is 15.5. The van der Waals surface area contributed by atoms with Crippen molar-refractivity contribution >= 4 is 28.7 Å². The monoisotopic (exact) mass is 392 g/mol. The van der Waals surface area contributed by atoms with Gasteiger partial charge in [-0.25, -0.2) is 9.78 Å². The molecule has 1 aromatic heterocycles. The highest BCUT2D eigenvalue weighted by Gasteiger charge is 2.41. The molecule has 0 saturated heterocycles. The Morgan fingerprint density at radius 3 is 2.28 bits per heavy atom. The number of hydrogen-bond acceptors (Lipinski definition) is 4. The highest BCUT2D eigenvalue weighted by atomic mass is 16.4. The van der Waals surface area contributed by atoms with Crippen molar-refractivity contribution in [2.75, 3.05) is 0 Å². The molecule has 29 heavy (non-hydrogen) atoms. The van der Waals surface area contributed by atoms with Crippen LogP contribution < -0.4 is 5.32 Å². The molecule has 2 aromatic carbocycles. The predicted molar refractivity (Wildman–Crippen MR) is 107 cm³/mol. The molecule has 0 radical (unpaired) electrons. The Balaban J connectivity index is 1.93. The molecule has 0 aliphatic heterocycles. The lowest BCUT2D eigenvalue weighted by Gasteiger charge is -2.30. The lowest BCUT2D eigenvalue weighted by atomic mass is 9.86. The van der Waals surface area contributed by atoms with Crippen LogP contribution in [0.1, 0.15) is 28.9 Å². The van der Waals surface area contributed by atoms with E-state index in [0.717, 1.165) is 5.39 Å². The van der Waals surface area contributed by atoms with Crippen LogP contribution in [0.2, 0.25) is 0 Å². The second-order valence-electron chi connectivity index (χ2n) is 6.79. The minimum Gasteiger partial charge on any atom is -0.481 e. The number of rotatable bonds is 8. The van der Waals surface area contributed by atoms with Crippen LogP contribution in [0.3, 0.4) is 0 Å². The second kappa shape index (κ2) is 8.52. The summed E-state index contributed by atoms with van der Waals surface area (Å²) in [6, 6.07) is 19.3. The van der Waals surface area contributed by atoms with E-state index in [4.69, 9.17) is 5.11 Å². The van der Waals surface area contributed by atoms with E-state index in [0.29, 0.717) is 11.1 Å². The van der Waals surface area contributed by atoms with Crippen molar-refractivity contribution in [1.29, 1.82) is 0 Å². The summed E-state index contributed by atoms with van der Waals surface area (Å²) in [5.74, 6) is -3.10. The van der Waals surface area contributed by atoms with Gasteiger partial charge in [-0.15, -0.1) is 0 Å². The molecule has 0 spiro atoms. The van der Waals surface area contributed by atoms with Crippen LogP contribution in [0.25, 0.3) is 10.9 Å². The highest BCUT2D eigenvalue weighted by molar-refractivity contribution is 5.98. The molecule has 0 fully saturated rings. The van der Waals surface area contributed by atoms with Crippen molar-refractivity contribution in [3.8, 4) is 0 Å². The number of benzene rings is 2. The minimum absolute atomic E-state index is 0.0459. The molecule has 3 rings (SSSR count). The van der Waals surface area contributed by atoms with E-state index in [1.807, 2.05) is 12.1 Å². The third-order valence-corrected chi connectivity index (χ3v) is 4.71. The smallest absolute Gasteiger partial charge is 0.329 e. The van der Waals surface area contributed by atoms with Crippen LogP contribution in [-0.2, 0) is 16.0 Å². The zero-order valence-corrected chi connectivity index (χ0v) is 15.5. The van der Waals surface area contributed by atoms with Crippen LogP contribution in [-0.4, -0.2) is 38.6 Å². The summed E-state index contributed by atoms with van der Waals surface area (Å²) in [6.07, 6.45) is -0.702. The van der Waals surface area contributed by atoms with Gasteiger partial charge in [0.05, 0.1) is 5.52 Å². The third-order valence-electron chi connectivity index (χ3n) is 4.71. The van der Waals surface area contributed by atoms with Gasteiger partial charge in [0, 0.05) is 18.2 Å². The Hall–Kier alpha value is -3.74. The quantitative estimate of drug-likeness (QED) is 0.543. The summed E-state index contributed by atoms with van der Waals surface area (Å²) in [6.45, 7) is 0. The maximum absolute atomic E-state index is 12.9. The molecule has 0 bridgehead atoms. The SMILES string of the molecule is O=C(O)CCC(Cc1ccccc1)(NC(=O)c1ccc2ccccc2n1)C(=O)O. The molecule has 0 aliphatic carbocycles. The number of nitrogens with one attached hydrogen (secondary N) is 1. The first-order chi connectivity index (χ1) is 13.9. The van der Waals surface area contributed by atoms with Gasteiger partial charge >= 0.3 is 11.9 Å². The number of carbonyl (C=O) groups excluding carboxylic acids is 1. The maximum Gasteiger partial charge on any atom is 0.329 e. The lowest BCUT2D eigenvalue weighted by Crippen LogP contribution is -2.56. The minimum atomic E-state index is -1.77.